The Morgan fingerprint density at radius 3 is 2.44 bits per heavy atom. The van der Waals surface area contributed by atoms with Crippen LogP contribution in [-0.4, -0.2) is 38.1 Å². The Morgan fingerprint density at radius 2 is 1.89 bits per heavy atom. The third-order valence-corrected chi connectivity index (χ3v) is 4.66. The fourth-order valence-electron chi connectivity index (χ4n) is 3.48. The van der Waals surface area contributed by atoms with Crippen LogP contribution in [0.4, 0.5) is 0 Å². The minimum Gasteiger partial charge on any atom is -0.317 e. The molecule has 0 aliphatic heterocycles. The molecule has 1 fully saturated rings. The SMILES string of the molecule is CNC1CC(C)CC(C)C1CN(C)CCC(C)C. The van der Waals surface area contributed by atoms with Gasteiger partial charge >= 0.3 is 0 Å². The molecule has 4 atom stereocenters. The summed E-state index contributed by atoms with van der Waals surface area (Å²) in [4.78, 5) is 2.54. The summed E-state index contributed by atoms with van der Waals surface area (Å²) in [5.41, 5.74) is 0. The van der Waals surface area contributed by atoms with Gasteiger partial charge < -0.3 is 10.2 Å². The van der Waals surface area contributed by atoms with Crippen molar-refractivity contribution in [2.75, 3.05) is 27.2 Å². The highest BCUT2D eigenvalue weighted by atomic mass is 15.1. The van der Waals surface area contributed by atoms with E-state index in [9.17, 15) is 0 Å². The van der Waals surface area contributed by atoms with Crippen molar-refractivity contribution in [3.05, 3.63) is 0 Å². The van der Waals surface area contributed by atoms with Crippen molar-refractivity contribution in [2.24, 2.45) is 23.7 Å². The van der Waals surface area contributed by atoms with E-state index in [-0.39, 0.29) is 0 Å². The van der Waals surface area contributed by atoms with E-state index >= 15 is 0 Å². The molecule has 4 unspecified atom stereocenters. The van der Waals surface area contributed by atoms with Gasteiger partial charge in [0.05, 0.1) is 0 Å². The highest BCUT2D eigenvalue weighted by Gasteiger charge is 2.33. The van der Waals surface area contributed by atoms with E-state index in [0.29, 0.717) is 6.04 Å². The summed E-state index contributed by atoms with van der Waals surface area (Å²) in [7, 11) is 4.43. The van der Waals surface area contributed by atoms with Gasteiger partial charge in [-0.3, -0.25) is 0 Å². The van der Waals surface area contributed by atoms with Gasteiger partial charge in [0.15, 0.2) is 0 Å². The Labute approximate surface area is 115 Å². The molecule has 1 saturated carbocycles. The van der Waals surface area contributed by atoms with Gasteiger partial charge in [-0.25, -0.2) is 0 Å². The van der Waals surface area contributed by atoms with Crippen LogP contribution >= 0.6 is 0 Å². The topological polar surface area (TPSA) is 15.3 Å². The first-order chi connectivity index (χ1) is 8.43. The van der Waals surface area contributed by atoms with Crippen LogP contribution in [0.1, 0.15) is 47.0 Å². The number of hydrogen-bond donors (Lipinski definition) is 1. The maximum Gasteiger partial charge on any atom is 0.0110 e. The fourth-order valence-corrected chi connectivity index (χ4v) is 3.48. The molecule has 0 aromatic heterocycles. The lowest BCUT2D eigenvalue weighted by molar-refractivity contribution is 0.113. The van der Waals surface area contributed by atoms with Gasteiger partial charge in [0.2, 0.25) is 0 Å². The molecule has 1 rings (SSSR count). The lowest BCUT2D eigenvalue weighted by atomic mass is 9.72. The first-order valence-electron chi connectivity index (χ1n) is 7.79. The van der Waals surface area contributed by atoms with Gasteiger partial charge in [0.25, 0.3) is 0 Å². The van der Waals surface area contributed by atoms with E-state index in [0.717, 1.165) is 23.7 Å². The number of rotatable bonds is 6. The Hall–Kier alpha value is -0.0800. The highest BCUT2D eigenvalue weighted by Crippen LogP contribution is 2.34. The van der Waals surface area contributed by atoms with Crippen LogP contribution in [0.2, 0.25) is 0 Å². The van der Waals surface area contributed by atoms with Gasteiger partial charge in [-0.05, 0) is 63.6 Å². The lowest BCUT2D eigenvalue weighted by Gasteiger charge is -2.41. The highest BCUT2D eigenvalue weighted by molar-refractivity contribution is 4.88. The van der Waals surface area contributed by atoms with Gasteiger partial charge in [-0.1, -0.05) is 27.7 Å². The molecule has 108 valence electrons. The van der Waals surface area contributed by atoms with E-state index < -0.39 is 0 Å². The molecule has 1 aliphatic carbocycles. The zero-order chi connectivity index (χ0) is 13.7. The molecule has 0 bridgehead atoms. The molecule has 1 N–H and O–H groups in total. The molecular formula is C16H34N2. The Morgan fingerprint density at radius 1 is 1.22 bits per heavy atom. The van der Waals surface area contributed by atoms with Gasteiger partial charge in [0.1, 0.15) is 0 Å². The smallest absolute Gasteiger partial charge is 0.0110 e. The van der Waals surface area contributed by atoms with E-state index in [4.69, 9.17) is 0 Å². The lowest BCUT2D eigenvalue weighted by Crippen LogP contribution is -2.47. The zero-order valence-electron chi connectivity index (χ0n) is 13.4. The fraction of sp³-hybridized carbons (Fsp3) is 1.00. The van der Waals surface area contributed by atoms with Crippen molar-refractivity contribution in [3.63, 3.8) is 0 Å². The second-order valence-corrected chi connectivity index (χ2v) is 7.06. The Kier molecular flexibility index (Phi) is 6.65. The predicted octanol–water partition coefficient (Wildman–Crippen LogP) is 3.23. The number of nitrogens with one attached hydrogen (secondary N) is 1. The van der Waals surface area contributed by atoms with Crippen molar-refractivity contribution in [1.82, 2.24) is 10.2 Å². The van der Waals surface area contributed by atoms with Crippen LogP contribution in [0.15, 0.2) is 0 Å². The van der Waals surface area contributed by atoms with Crippen LogP contribution in [0.25, 0.3) is 0 Å². The molecule has 0 spiro atoms. The van der Waals surface area contributed by atoms with Crippen molar-refractivity contribution < 1.29 is 0 Å². The molecule has 0 saturated heterocycles. The van der Waals surface area contributed by atoms with E-state index in [1.807, 2.05) is 0 Å². The van der Waals surface area contributed by atoms with Crippen LogP contribution < -0.4 is 5.32 Å². The van der Waals surface area contributed by atoms with E-state index in [2.05, 4.69) is 52.0 Å². The van der Waals surface area contributed by atoms with Gasteiger partial charge in [-0.15, -0.1) is 0 Å². The Bertz CT molecular complexity index is 227. The van der Waals surface area contributed by atoms with Crippen LogP contribution in [0.5, 0.6) is 0 Å². The third kappa shape index (κ3) is 4.89. The van der Waals surface area contributed by atoms with Gasteiger partial charge in [0, 0.05) is 12.6 Å². The molecule has 2 nitrogen and oxygen atoms in total. The monoisotopic (exact) mass is 254 g/mol. The van der Waals surface area contributed by atoms with E-state index in [1.54, 1.807) is 0 Å². The third-order valence-electron chi connectivity index (χ3n) is 4.66. The molecule has 2 heteroatoms. The first-order valence-corrected chi connectivity index (χ1v) is 7.79. The van der Waals surface area contributed by atoms with Crippen molar-refractivity contribution in [1.29, 1.82) is 0 Å². The normalized spacial score (nSPS) is 33.3. The summed E-state index contributed by atoms with van der Waals surface area (Å²) in [5, 5.41) is 3.56. The molecule has 0 heterocycles. The second-order valence-electron chi connectivity index (χ2n) is 7.06. The summed E-state index contributed by atoms with van der Waals surface area (Å²) in [6.07, 6.45) is 4.07. The van der Waals surface area contributed by atoms with Crippen molar-refractivity contribution in [2.45, 2.75) is 53.0 Å². The number of nitrogens with zero attached hydrogens (tertiary/aromatic N) is 1. The van der Waals surface area contributed by atoms with Crippen LogP contribution in [-0.2, 0) is 0 Å². The van der Waals surface area contributed by atoms with Crippen LogP contribution in [0.3, 0.4) is 0 Å². The van der Waals surface area contributed by atoms with E-state index in [1.165, 1.54) is 32.4 Å². The zero-order valence-corrected chi connectivity index (χ0v) is 13.4. The average molecular weight is 254 g/mol. The summed E-state index contributed by atoms with van der Waals surface area (Å²) >= 11 is 0. The van der Waals surface area contributed by atoms with Crippen molar-refractivity contribution in [3.8, 4) is 0 Å². The maximum atomic E-state index is 3.56. The maximum absolute atomic E-state index is 3.56. The minimum atomic E-state index is 0.713. The molecule has 0 amide bonds. The first kappa shape index (κ1) is 16.0. The molecule has 18 heavy (non-hydrogen) atoms. The van der Waals surface area contributed by atoms with Crippen LogP contribution in [0, 0.1) is 23.7 Å². The number of hydrogen-bond acceptors (Lipinski definition) is 2. The Balaban J connectivity index is 2.46. The summed E-state index contributed by atoms with van der Waals surface area (Å²) in [6.45, 7) is 12.0. The standard InChI is InChI=1S/C16H34N2/c1-12(2)7-8-18(6)11-15-14(4)9-13(3)10-16(15)17-5/h12-17H,7-11H2,1-6H3. The summed E-state index contributed by atoms with van der Waals surface area (Å²) < 4.78 is 0. The van der Waals surface area contributed by atoms with Gasteiger partial charge in [-0.2, -0.15) is 0 Å². The quantitative estimate of drug-likeness (QED) is 0.783. The summed E-state index contributed by atoms with van der Waals surface area (Å²) in [6, 6.07) is 0.713. The molecule has 0 aromatic rings. The molecular weight excluding hydrogens is 220 g/mol. The minimum absolute atomic E-state index is 0.713. The molecule has 0 radical (unpaired) electrons. The predicted molar refractivity (Wildman–Crippen MR) is 80.9 cm³/mol. The summed E-state index contributed by atoms with van der Waals surface area (Å²) in [5.74, 6) is 3.38. The largest absolute Gasteiger partial charge is 0.317 e. The average Bonchev–Trinajstić information content (AvgIpc) is 2.29. The van der Waals surface area contributed by atoms with Crippen molar-refractivity contribution >= 4 is 0 Å². The second kappa shape index (κ2) is 7.49. The molecule has 1 aliphatic rings. The molecule has 0 aromatic carbocycles.